The van der Waals surface area contributed by atoms with Gasteiger partial charge in [0.1, 0.15) is 11.3 Å². The minimum atomic E-state index is -0.419. The molecular weight excluding hydrogens is 397 g/mol. The van der Waals surface area contributed by atoms with Crippen LogP contribution < -0.4 is 0 Å². The first-order valence-corrected chi connectivity index (χ1v) is 10.8. The largest absolute Gasteiger partial charge is 0.440 e. The van der Waals surface area contributed by atoms with Crippen molar-refractivity contribution in [3.63, 3.8) is 0 Å². The number of likely N-dealkylation sites (tertiary alicyclic amines) is 2. The van der Waals surface area contributed by atoms with Gasteiger partial charge in [0, 0.05) is 12.5 Å². The van der Waals surface area contributed by atoms with Gasteiger partial charge in [-0.15, -0.1) is 0 Å². The number of piperidine rings is 1. The maximum Gasteiger partial charge on any atom is 0.247 e. The topological polar surface area (TPSA) is 66.7 Å². The second-order valence-corrected chi connectivity index (χ2v) is 8.28. The smallest absolute Gasteiger partial charge is 0.247 e. The number of oxazole rings is 1. The number of para-hydroxylation sites is 2. The Morgan fingerprint density at radius 2 is 1.77 bits per heavy atom. The Bertz CT molecular complexity index is 1090. The van der Waals surface area contributed by atoms with E-state index in [2.05, 4.69) is 9.88 Å². The van der Waals surface area contributed by atoms with Crippen molar-refractivity contribution in [3.05, 3.63) is 65.8 Å². The lowest BCUT2D eigenvalue weighted by molar-refractivity contribution is -0.139. The number of benzene rings is 2. The normalized spacial score (nSPS) is 20.8. The molecule has 0 radical (unpaired) electrons. The highest BCUT2D eigenvalue weighted by Crippen LogP contribution is 2.32. The molecule has 2 fully saturated rings. The summed E-state index contributed by atoms with van der Waals surface area (Å²) in [6, 6.07) is 13.8. The van der Waals surface area contributed by atoms with Crippen molar-refractivity contribution in [3.8, 4) is 0 Å². The van der Waals surface area contributed by atoms with Crippen LogP contribution in [0.2, 0.25) is 0 Å². The van der Waals surface area contributed by atoms with Crippen LogP contribution in [-0.4, -0.2) is 52.3 Å². The number of amides is 2. The monoisotopic (exact) mass is 421 g/mol. The Hall–Kier alpha value is -3.06. The number of rotatable bonds is 5. The Labute approximate surface area is 179 Å². The molecule has 1 unspecified atom stereocenters. The van der Waals surface area contributed by atoms with Gasteiger partial charge in [-0.1, -0.05) is 30.3 Å². The van der Waals surface area contributed by atoms with Crippen LogP contribution >= 0.6 is 0 Å². The number of hydrogen-bond donors (Lipinski definition) is 0. The highest BCUT2D eigenvalue weighted by atomic mass is 19.1. The Balaban J connectivity index is 1.20. The van der Waals surface area contributed by atoms with E-state index in [1.807, 2.05) is 24.3 Å². The first-order chi connectivity index (χ1) is 15.1. The van der Waals surface area contributed by atoms with Crippen molar-refractivity contribution < 1.29 is 18.4 Å². The Morgan fingerprint density at radius 1 is 1.03 bits per heavy atom. The molecule has 0 bridgehead atoms. The number of halogens is 1. The molecule has 0 spiro atoms. The van der Waals surface area contributed by atoms with Gasteiger partial charge < -0.3 is 4.42 Å². The average Bonchev–Trinajstić information content (AvgIpc) is 3.34. The number of aromatic nitrogens is 1. The lowest BCUT2D eigenvalue weighted by atomic mass is 9.95. The Kier molecular flexibility index (Phi) is 5.28. The van der Waals surface area contributed by atoms with Gasteiger partial charge in [-0.25, -0.2) is 9.37 Å². The van der Waals surface area contributed by atoms with Crippen molar-refractivity contribution in [1.29, 1.82) is 0 Å². The van der Waals surface area contributed by atoms with Gasteiger partial charge in [0.2, 0.25) is 11.8 Å². The molecular formula is C24H24FN3O3. The summed E-state index contributed by atoms with van der Waals surface area (Å²) in [4.78, 5) is 33.4. The molecule has 160 valence electrons. The molecule has 7 heteroatoms. The molecule has 0 saturated carbocycles. The van der Waals surface area contributed by atoms with Crippen LogP contribution in [0.4, 0.5) is 4.39 Å². The summed E-state index contributed by atoms with van der Waals surface area (Å²) < 4.78 is 19.8. The van der Waals surface area contributed by atoms with Crippen molar-refractivity contribution >= 4 is 22.9 Å². The van der Waals surface area contributed by atoms with Crippen LogP contribution in [0.5, 0.6) is 0 Å². The second-order valence-electron chi connectivity index (χ2n) is 8.28. The molecule has 31 heavy (non-hydrogen) atoms. The number of carbonyl (C=O) groups is 2. The van der Waals surface area contributed by atoms with E-state index in [9.17, 15) is 14.0 Å². The summed E-state index contributed by atoms with van der Waals surface area (Å²) in [5.41, 5.74) is 2.18. The first kappa shape index (κ1) is 19.9. The van der Waals surface area contributed by atoms with E-state index in [1.165, 1.54) is 11.0 Å². The summed E-state index contributed by atoms with van der Waals surface area (Å²) in [7, 11) is 0. The summed E-state index contributed by atoms with van der Waals surface area (Å²) in [5.74, 6) is 0.322. The molecule has 3 aromatic rings. The average molecular weight is 421 g/mol. The zero-order valence-corrected chi connectivity index (χ0v) is 17.2. The fraction of sp³-hybridized carbons (Fsp3) is 0.375. The molecule has 0 aliphatic carbocycles. The number of nitrogens with zero attached hydrogens (tertiary/aromatic N) is 3. The van der Waals surface area contributed by atoms with Gasteiger partial charge in [-0.3, -0.25) is 19.4 Å². The van der Waals surface area contributed by atoms with E-state index in [1.54, 1.807) is 18.2 Å². The summed E-state index contributed by atoms with van der Waals surface area (Å²) in [5, 5.41) is 0. The van der Waals surface area contributed by atoms with Crippen molar-refractivity contribution in [2.45, 2.75) is 37.6 Å². The standard InChI is InChI=1S/C24H24FN3O3/c25-18-6-2-1-5-16(18)11-14-28-22(29)15-20(24(28)30)27-12-9-17(10-13-27)23-26-19-7-3-4-8-21(19)31-23/h1-8,17,20H,9-15H2. The lowest BCUT2D eigenvalue weighted by Crippen LogP contribution is -2.45. The van der Waals surface area contributed by atoms with Gasteiger partial charge in [0.05, 0.1) is 12.5 Å². The third-order valence-electron chi connectivity index (χ3n) is 6.41. The molecule has 2 aliphatic rings. The molecule has 2 aliphatic heterocycles. The fourth-order valence-electron chi connectivity index (χ4n) is 4.64. The number of imide groups is 1. The van der Waals surface area contributed by atoms with E-state index in [-0.39, 0.29) is 36.5 Å². The van der Waals surface area contributed by atoms with Crippen LogP contribution in [-0.2, 0) is 16.0 Å². The Morgan fingerprint density at radius 3 is 2.55 bits per heavy atom. The van der Waals surface area contributed by atoms with Crippen molar-refractivity contribution in [2.75, 3.05) is 19.6 Å². The van der Waals surface area contributed by atoms with Crippen LogP contribution in [0.1, 0.15) is 36.6 Å². The van der Waals surface area contributed by atoms with E-state index in [0.717, 1.165) is 29.8 Å². The van der Waals surface area contributed by atoms with Crippen molar-refractivity contribution in [1.82, 2.24) is 14.8 Å². The number of fused-ring (bicyclic) bond motifs is 1. The number of hydrogen-bond acceptors (Lipinski definition) is 5. The third-order valence-corrected chi connectivity index (χ3v) is 6.41. The zero-order chi connectivity index (χ0) is 21.4. The molecule has 2 saturated heterocycles. The quantitative estimate of drug-likeness (QED) is 0.590. The van der Waals surface area contributed by atoms with Gasteiger partial charge in [-0.2, -0.15) is 0 Å². The SMILES string of the molecule is O=C1CC(N2CCC(c3nc4ccccc4o3)CC2)C(=O)N1CCc1ccccc1F. The predicted molar refractivity (Wildman–Crippen MR) is 113 cm³/mol. The maximum atomic E-state index is 13.9. The first-order valence-electron chi connectivity index (χ1n) is 10.8. The lowest BCUT2D eigenvalue weighted by Gasteiger charge is -2.33. The molecule has 1 atom stereocenters. The van der Waals surface area contributed by atoms with Crippen LogP contribution in [0.3, 0.4) is 0 Å². The summed E-state index contributed by atoms with van der Waals surface area (Å²) in [6.45, 7) is 1.65. The minimum absolute atomic E-state index is 0.165. The highest BCUT2D eigenvalue weighted by Gasteiger charge is 2.42. The van der Waals surface area contributed by atoms with Crippen LogP contribution in [0.25, 0.3) is 11.1 Å². The molecule has 2 aromatic carbocycles. The van der Waals surface area contributed by atoms with E-state index in [4.69, 9.17) is 4.42 Å². The van der Waals surface area contributed by atoms with Gasteiger partial charge >= 0.3 is 0 Å². The van der Waals surface area contributed by atoms with Crippen LogP contribution in [0.15, 0.2) is 52.9 Å². The zero-order valence-electron chi connectivity index (χ0n) is 17.2. The van der Waals surface area contributed by atoms with E-state index < -0.39 is 6.04 Å². The fourth-order valence-corrected chi connectivity index (χ4v) is 4.64. The third kappa shape index (κ3) is 3.85. The molecule has 6 nitrogen and oxygen atoms in total. The predicted octanol–water partition coefficient (Wildman–Crippen LogP) is 3.52. The molecule has 5 rings (SSSR count). The van der Waals surface area contributed by atoms with E-state index >= 15 is 0 Å². The molecule has 1 aromatic heterocycles. The van der Waals surface area contributed by atoms with Crippen LogP contribution in [0, 0.1) is 5.82 Å². The number of carbonyl (C=O) groups excluding carboxylic acids is 2. The van der Waals surface area contributed by atoms with Gasteiger partial charge in [0.15, 0.2) is 11.5 Å². The van der Waals surface area contributed by atoms with Gasteiger partial charge in [-0.05, 0) is 56.1 Å². The molecule has 0 N–H and O–H groups in total. The van der Waals surface area contributed by atoms with Gasteiger partial charge in [0.25, 0.3) is 0 Å². The van der Waals surface area contributed by atoms with E-state index in [0.29, 0.717) is 25.1 Å². The van der Waals surface area contributed by atoms with Crippen molar-refractivity contribution in [2.24, 2.45) is 0 Å². The minimum Gasteiger partial charge on any atom is -0.440 e. The second kappa shape index (κ2) is 8.23. The molecule has 2 amide bonds. The molecule has 3 heterocycles. The highest BCUT2D eigenvalue weighted by molar-refractivity contribution is 6.05. The summed E-state index contributed by atoms with van der Waals surface area (Å²) >= 11 is 0. The maximum absolute atomic E-state index is 13.9. The summed E-state index contributed by atoms with van der Waals surface area (Å²) in [6.07, 6.45) is 2.19.